The van der Waals surface area contributed by atoms with Crippen LogP contribution in [0.4, 0.5) is 5.69 Å². The normalized spacial score (nSPS) is 10.5. The second kappa shape index (κ2) is 4.11. The largest absolute Gasteiger partial charge is 0.506 e. The van der Waals surface area contributed by atoms with Crippen molar-refractivity contribution < 1.29 is 9.90 Å². The number of hydrogen-bond acceptors (Lipinski definition) is 4. The lowest BCUT2D eigenvalue weighted by Crippen LogP contribution is -2.22. The number of likely N-dealkylation sites (N-methyl/N-ethyl adjacent to an activating group) is 1. The predicted octanol–water partition coefficient (Wildman–Crippen LogP) is 0.719. The summed E-state index contributed by atoms with van der Waals surface area (Å²) in [4.78, 5) is 13.4. The van der Waals surface area contributed by atoms with Crippen molar-refractivity contribution in [2.24, 2.45) is 0 Å². The van der Waals surface area contributed by atoms with Gasteiger partial charge >= 0.3 is 0 Å². The van der Waals surface area contributed by atoms with Crippen LogP contribution in [0.1, 0.15) is 10.4 Å². The highest BCUT2D eigenvalue weighted by atomic mass is 16.3. The number of hydrogen-bond donors (Lipinski definition) is 2. The van der Waals surface area contributed by atoms with Crippen LogP contribution in [0.5, 0.6) is 5.75 Å². The zero-order valence-corrected chi connectivity index (χ0v) is 8.32. The molecule has 1 rings (SSSR count). The van der Waals surface area contributed by atoms with Gasteiger partial charge in [0.1, 0.15) is 5.75 Å². The molecule has 4 nitrogen and oxygen atoms in total. The summed E-state index contributed by atoms with van der Waals surface area (Å²) in [6, 6.07) is 4.68. The van der Waals surface area contributed by atoms with Gasteiger partial charge in [0.05, 0.1) is 12.2 Å². The number of Topliss-reactive ketones (excluding diaryl/α,β-unsaturated/α-hetero) is 1. The molecule has 0 saturated heterocycles. The molecule has 4 heteroatoms. The SMILES string of the molecule is CN(C)CC(=O)c1cccc(O)c1N. The van der Waals surface area contributed by atoms with Crippen LogP contribution in [-0.2, 0) is 0 Å². The van der Waals surface area contributed by atoms with Crippen molar-refractivity contribution in [2.45, 2.75) is 0 Å². The number of carbonyl (C=O) groups excluding carboxylic acids is 1. The standard InChI is InChI=1S/C10H14N2O2/c1-12(2)6-9(14)7-4-3-5-8(13)10(7)11/h3-5,13H,6,11H2,1-2H3. The lowest BCUT2D eigenvalue weighted by molar-refractivity contribution is 0.0958. The molecule has 0 saturated carbocycles. The molecular formula is C10H14N2O2. The van der Waals surface area contributed by atoms with Crippen molar-refractivity contribution in [3.05, 3.63) is 23.8 Å². The lowest BCUT2D eigenvalue weighted by Gasteiger charge is -2.10. The third kappa shape index (κ3) is 2.23. The van der Waals surface area contributed by atoms with Crippen LogP contribution in [0.25, 0.3) is 0 Å². The van der Waals surface area contributed by atoms with Crippen molar-refractivity contribution in [3.8, 4) is 5.75 Å². The molecule has 1 aromatic carbocycles. The number of benzene rings is 1. The maximum atomic E-state index is 11.6. The molecule has 0 unspecified atom stereocenters. The average Bonchev–Trinajstić information content (AvgIpc) is 2.08. The minimum absolute atomic E-state index is 0.0467. The highest BCUT2D eigenvalue weighted by Crippen LogP contribution is 2.23. The van der Waals surface area contributed by atoms with Gasteiger partial charge in [-0.05, 0) is 26.2 Å². The Morgan fingerprint density at radius 2 is 2.14 bits per heavy atom. The summed E-state index contributed by atoms with van der Waals surface area (Å²) in [5, 5.41) is 9.29. The summed E-state index contributed by atoms with van der Waals surface area (Å²) in [6.45, 7) is 0.285. The number of anilines is 1. The molecule has 0 aliphatic rings. The first kappa shape index (κ1) is 10.5. The highest BCUT2D eigenvalue weighted by molar-refractivity contribution is 6.03. The van der Waals surface area contributed by atoms with Crippen molar-refractivity contribution in [1.29, 1.82) is 0 Å². The molecule has 0 aliphatic carbocycles. The van der Waals surface area contributed by atoms with Crippen molar-refractivity contribution in [3.63, 3.8) is 0 Å². The first-order valence-corrected chi connectivity index (χ1v) is 4.27. The maximum absolute atomic E-state index is 11.6. The van der Waals surface area contributed by atoms with E-state index in [-0.39, 0.29) is 23.8 Å². The number of ketones is 1. The van der Waals surface area contributed by atoms with E-state index in [1.54, 1.807) is 31.1 Å². The molecule has 1 aromatic rings. The Morgan fingerprint density at radius 1 is 1.50 bits per heavy atom. The van der Waals surface area contributed by atoms with Gasteiger partial charge in [-0.3, -0.25) is 4.79 Å². The van der Waals surface area contributed by atoms with Gasteiger partial charge in [0.2, 0.25) is 0 Å². The van der Waals surface area contributed by atoms with Crippen molar-refractivity contribution in [1.82, 2.24) is 4.90 Å². The second-order valence-corrected chi connectivity index (χ2v) is 3.40. The summed E-state index contributed by atoms with van der Waals surface area (Å²) in [5.41, 5.74) is 6.10. The zero-order chi connectivity index (χ0) is 10.7. The van der Waals surface area contributed by atoms with Gasteiger partial charge in [-0.25, -0.2) is 0 Å². The van der Waals surface area contributed by atoms with E-state index in [1.165, 1.54) is 6.07 Å². The van der Waals surface area contributed by atoms with E-state index in [0.717, 1.165) is 0 Å². The van der Waals surface area contributed by atoms with E-state index in [1.807, 2.05) is 0 Å². The van der Waals surface area contributed by atoms with Crippen LogP contribution < -0.4 is 5.73 Å². The topological polar surface area (TPSA) is 66.6 Å². The molecule has 0 fully saturated rings. The lowest BCUT2D eigenvalue weighted by atomic mass is 10.1. The van der Waals surface area contributed by atoms with Crippen molar-refractivity contribution >= 4 is 11.5 Å². The molecule has 0 radical (unpaired) electrons. The number of aromatic hydroxyl groups is 1. The Bertz CT molecular complexity index is 348. The van der Waals surface area contributed by atoms with E-state index >= 15 is 0 Å². The number of para-hydroxylation sites is 1. The average molecular weight is 194 g/mol. The second-order valence-electron chi connectivity index (χ2n) is 3.40. The Kier molecular flexibility index (Phi) is 3.09. The Hall–Kier alpha value is -1.55. The van der Waals surface area contributed by atoms with Crippen LogP contribution in [0.3, 0.4) is 0 Å². The third-order valence-corrected chi connectivity index (χ3v) is 1.84. The molecule has 76 valence electrons. The number of rotatable bonds is 3. The van der Waals surface area contributed by atoms with E-state index in [9.17, 15) is 9.90 Å². The van der Waals surface area contributed by atoms with Crippen LogP contribution in [0.2, 0.25) is 0 Å². The monoisotopic (exact) mass is 194 g/mol. The van der Waals surface area contributed by atoms with Gasteiger partial charge in [-0.1, -0.05) is 6.07 Å². The molecular weight excluding hydrogens is 180 g/mol. The quantitative estimate of drug-likeness (QED) is 0.422. The minimum atomic E-state index is -0.0941. The molecule has 0 atom stereocenters. The molecule has 0 heterocycles. The number of nitrogen functional groups attached to an aromatic ring is 1. The first-order valence-electron chi connectivity index (χ1n) is 4.27. The first-order chi connectivity index (χ1) is 6.52. The molecule has 3 N–H and O–H groups in total. The molecule has 14 heavy (non-hydrogen) atoms. The van der Waals surface area contributed by atoms with Gasteiger partial charge < -0.3 is 15.7 Å². The van der Waals surface area contributed by atoms with Crippen LogP contribution in [0, 0.1) is 0 Å². The molecule has 0 aliphatic heterocycles. The summed E-state index contributed by atoms with van der Waals surface area (Å²) < 4.78 is 0. The highest BCUT2D eigenvalue weighted by Gasteiger charge is 2.12. The van der Waals surface area contributed by atoms with Gasteiger partial charge in [0, 0.05) is 5.56 Å². The molecule has 0 bridgehead atoms. The van der Waals surface area contributed by atoms with Crippen LogP contribution >= 0.6 is 0 Å². The van der Waals surface area contributed by atoms with E-state index < -0.39 is 0 Å². The summed E-state index contributed by atoms with van der Waals surface area (Å²) in [6.07, 6.45) is 0. The summed E-state index contributed by atoms with van der Waals surface area (Å²) in [7, 11) is 3.60. The Morgan fingerprint density at radius 3 is 2.71 bits per heavy atom. The number of phenolic OH excluding ortho intramolecular Hbond substituents is 1. The Balaban J connectivity index is 2.96. The fourth-order valence-electron chi connectivity index (χ4n) is 1.17. The third-order valence-electron chi connectivity index (χ3n) is 1.84. The van der Waals surface area contributed by atoms with E-state index in [0.29, 0.717) is 5.56 Å². The fraction of sp³-hybridized carbons (Fsp3) is 0.300. The van der Waals surface area contributed by atoms with Crippen molar-refractivity contribution in [2.75, 3.05) is 26.4 Å². The van der Waals surface area contributed by atoms with E-state index in [4.69, 9.17) is 5.73 Å². The maximum Gasteiger partial charge on any atom is 0.179 e. The van der Waals surface area contributed by atoms with Crippen LogP contribution in [0.15, 0.2) is 18.2 Å². The van der Waals surface area contributed by atoms with Gasteiger partial charge in [-0.15, -0.1) is 0 Å². The smallest absolute Gasteiger partial charge is 0.179 e. The number of carbonyl (C=O) groups is 1. The van der Waals surface area contributed by atoms with Gasteiger partial charge in [-0.2, -0.15) is 0 Å². The fourth-order valence-corrected chi connectivity index (χ4v) is 1.17. The summed E-state index contributed by atoms with van der Waals surface area (Å²) in [5.74, 6) is -0.141. The number of phenols is 1. The molecule has 0 spiro atoms. The zero-order valence-electron chi connectivity index (χ0n) is 8.32. The van der Waals surface area contributed by atoms with Gasteiger partial charge in [0.15, 0.2) is 5.78 Å². The van der Waals surface area contributed by atoms with Crippen LogP contribution in [-0.4, -0.2) is 36.4 Å². The van der Waals surface area contributed by atoms with E-state index in [2.05, 4.69) is 0 Å². The predicted molar refractivity (Wildman–Crippen MR) is 55.4 cm³/mol. The molecule has 0 amide bonds. The molecule has 0 aromatic heterocycles. The summed E-state index contributed by atoms with van der Waals surface area (Å²) >= 11 is 0. The van der Waals surface area contributed by atoms with Gasteiger partial charge in [0.25, 0.3) is 0 Å². The minimum Gasteiger partial charge on any atom is -0.506 e. The number of nitrogens with zero attached hydrogens (tertiary/aromatic N) is 1. The number of nitrogens with two attached hydrogens (primary N) is 1. The Labute approximate surface area is 82.9 Å².